The van der Waals surface area contributed by atoms with Gasteiger partial charge < -0.3 is 24.2 Å². The maximum atomic E-state index is 14.0. The van der Waals surface area contributed by atoms with Gasteiger partial charge in [0.05, 0.1) is 48.4 Å². The van der Waals surface area contributed by atoms with Gasteiger partial charge in [-0.05, 0) is 88.9 Å². The summed E-state index contributed by atoms with van der Waals surface area (Å²) >= 11 is 0. The molecule has 0 spiro atoms. The maximum absolute atomic E-state index is 14.0. The number of amides is 1. The lowest BCUT2D eigenvalue weighted by molar-refractivity contribution is -0.156. The monoisotopic (exact) mass is 665 g/mol. The highest BCUT2D eigenvalue weighted by Crippen LogP contribution is 2.49. The van der Waals surface area contributed by atoms with Crippen LogP contribution in [0, 0.1) is 11.2 Å². The predicted octanol–water partition coefficient (Wildman–Crippen LogP) is 7.66. The van der Waals surface area contributed by atoms with Gasteiger partial charge in [-0.1, -0.05) is 12.1 Å². The third kappa shape index (κ3) is 8.49. The number of carbonyl (C=O) groups is 2. The van der Waals surface area contributed by atoms with E-state index in [-0.39, 0.29) is 32.1 Å². The highest BCUT2D eigenvalue weighted by molar-refractivity contribution is 5.79. The fraction of sp³-hybridized carbons (Fsp3) is 0.562. The molecule has 3 rings (SSSR count). The number of hydrogen-bond acceptors (Lipinski definition) is 6. The summed E-state index contributed by atoms with van der Waals surface area (Å²) in [4.78, 5) is 28.3. The van der Waals surface area contributed by atoms with Crippen LogP contribution in [0.5, 0.6) is 0 Å². The minimum atomic E-state index is -5.09. The van der Waals surface area contributed by atoms with E-state index < -0.39 is 82.1 Å². The summed E-state index contributed by atoms with van der Waals surface area (Å²) in [6.07, 6.45) is -13.5. The van der Waals surface area contributed by atoms with E-state index in [1.165, 1.54) is 30.9 Å². The molecule has 1 heterocycles. The molecule has 2 aromatic carbocycles. The van der Waals surface area contributed by atoms with Gasteiger partial charge in [0, 0.05) is 12.5 Å². The van der Waals surface area contributed by atoms with Crippen molar-refractivity contribution in [2.24, 2.45) is 5.41 Å². The first-order valence-corrected chi connectivity index (χ1v) is 14.5. The normalized spacial score (nSPS) is 21.1. The summed E-state index contributed by atoms with van der Waals surface area (Å²) in [5.74, 6) is -2.34. The molecule has 0 bridgehead atoms. The van der Waals surface area contributed by atoms with E-state index in [9.17, 15) is 45.4 Å². The summed E-state index contributed by atoms with van der Waals surface area (Å²) in [6, 6.07) is 5.05. The molecular formula is C32H38F7NO6. The fourth-order valence-corrected chi connectivity index (χ4v) is 5.88. The largest absolute Gasteiger partial charge is 0.469 e. The molecule has 1 fully saturated rings. The van der Waals surface area contributed by atoms with E-state index in [1.807, 2.05) is 0 Å². The zero-order chi connectivity index (χ0) is 34.8. The zero-order valence-electron chi connectivity index (χ0n) is 26.3. The highest BCUT2D eigenvalue weighted by Gasteiger charge is 2.58. The molecule has 5 atom stereocenters. The molecule has 1 saturated heterocycles. The van der Waals surface area contributed by atoms with Crippen molar-refractivity contribution in [3.63, 3.8) is 0 Å². The van der Waals surface area contributed by atoms with Crippen LogP contribution in [-0.2, 0) is 31.4 Å². The van der Waals surface area contributed by atoms with E-state index in [0.717, 1.165) is 19.2 Å². The highest BCUT2D eigenvalue weighted by atomic mass is 19.4. The average Bonchev–Trinajstić information content (AvgIpc) is 3.33. The number of halogens is 7. The van der Waals surface area contributed by atoms with E-state index in [1.54, 1.807) is 20.8 Å². The Morgan fingerprint density at radius 2 is 1.50 bits per heavy atom. The Morgan fingerprint density at radius 3 is 1.96 bits per heavy atom. The number of rotatable bonds is 9. The van der Waals surface area contributed by atoms with Crippen molar-refractivity contribution in [2.75, 3.05) is 20.3 Å². The first kappa shape index (κ1) is 37.1. The number of aliphatic hydroxyl groups excluding tert-OH is 1. The smallest absolute Gasteiger partial charge is 0.416 e. The molecule has 1 aliphatic heterocycles. The molecule has 7 nitrogen and oxygen atoms in total. The molecule has 1 N–H and O–H groups in total. The minimum absolute atomic E-state index is 0.00266. The number of alkyl halides is 6. The lowest BCUT2D eigenvalue weighted by atomic mass is 9.70. The van der Waals surface area contributed by atoms with Crippen molar-refractivity contribution in [1.82, 2.24) is 4.90 Å². The van der Waals surface area contributed by atoms with Crippen LogP contribution in [0.1, 0.15) is 81.7 Å². The first-order valence-electron chi connectivity index (χ1n) is 14.5. The molecule has 1 unspecified atom stereocenters. The Balaban J connectivity index is 2.22. The lowest BCUT2D eigenvalue weighted by Crippen LogP contribution is -2.53. The summed E-state index contributed by atoms with van der Waals surface area (Å²) in [5.41, 5.74) is -5.64. The van der Waals surface area contributed by atoms with E-state index in [4.69, 9.17) is 14.2 Å². The van der Waals surface area contributed by atoms with Crippen LogP contribution in [0.2, 0.25) is 0 Å². The van der Waals surface area contributed by atoms with Crippen molar-refractivity contribution in [3.05, 3.63) is 70.5 Å². The number of esters is 1. The molecule has 2 aromatic rings. The molecular weight excluding hydrogens is 627 g/mol. The second-order valence-electron chi connectivity index (χ2n) is 12.5. The van der Waals surface area contributed by atoms with Gasteiger partial charge in [0.25, 0.3) is 0 Å². The zero-order valence-corrected chi connectivity index (χ0v) is 26.3. The number of likely N-dealkylation sites (tertiary alicyclic amines) is 1. The van der Waals surface area contributed by atoms with Crippen LogP contribution >= 0.6 is 0 Å². The van der Waals surface area contributed by atoms with Gasteiger partial charge in [-0.3, -0.25) is 4.79 Å². The van der Waals surface area contributed by atoms with Gasteiger partial charge in [-0.25, -0.2) is 9.18 Å². The standard InChI is InChI=1S/C32H38F7NO6/c1-18(20-14-21(31(34,35)36)16-22(15-20)32(37,38)39)45-24-17-40(28(43)46-29(2,3)4)26(25(24)19-8-10-23(33)11-9-19)30(5,12-7-13-41)27(42)44-6/h8-11,14-16,18,24-26,41H,7,12-13,17H2,1-6H3/t18-,24+,25-,26-,30?/m1/s1. The molecule has 0 saturated carbocycles. The van der Waals surface area contributed by atoms with Crippen LogP contribution in [0.15, 0.2) is 42.5 Å². The van der Waals surface area contributed by atoms with Gasteiger partial charge >= 0.3 is 24.4 Å². The molecule has 0 radical (unpaired) electrons. The molecule has 46 heavy (non-hydrogen) atoms. The average molecular weight is 666 g/mol. The van der Waals surface area contributed by atoms with Crippen LogP contribution in [0.25, 0.3) is 0 Å². The molecule has 1 amide bonds. The third-order valence-corrected chi connectivity index (χ3v) is 7.95. The number of methoxy groups -OCH3 is 1. The summed E-state index contributed by atoms with van der Waals surface area (Å²) in [7, 11) is 1.14. The van der Waals surface area contributed by atoms with Gasteiger partial charge in [0.15, 0.2) is 0 Å². The van der Waals surface area contributed by atoms with E-state index >= 15 is 0 Å². The molecule has 0 aromatic heterocycles. The summed E-state index contributed by atoms with van der Waals surface area (Å²) < 4.78 is 113. The molecule has 256 valence electrons. The Bertz CT molecular complexity index is 1340. The number of benzene rings is 2. The lowest BCUT2D eigenvalue weighted by Gasteiger charge is -2.41. The Hall–Kier alpha value is -3.39. The SMILES string of the molecule is COC(=O)C(C)(CCCO)[C@H]1[C@H](c2ccc(F)cc2)[C@@H](O[C@H](C)c2cc(C(F)(F)F)cc(C(F)(F)F)c2)CN1C(=O)OC(C)(C)C. The minimum Gasteiger partial charge on any atom is -0.469 e. The maximum Gasteiger partial charge on any atom is 0.416 e. The van der Waals surface area contributed by atoms with E-state index in [0.29, 0.717) is 17.7 Å². The first-order chi connectivity index (χ1) is 21.1. The third-order valence-electron chi connectivity index (χ3n) is 7.95. The summed E-state index contributed by atoms with van der Waals surface area (Å²) in [5, 5.41) is 9.64. The topological polar surface area (TPSA) is 85.3 Å². The van der Waals surface area contributed by atoms with Crippen molar-refractivity contribution in [1.29, 1.82) is 0 Å². The van der Waals surface area contributed by atoms with Crippen LogP contribution in [-0.4, -0.2) is 60.1 Å². The fourth-order valence-electron chi connectivity index (χ4n) is 5.88. The quantitative estimate of drug-likeness (QED) is 0.219. The van der Waals surface area contributed by atoms with Crippen molar-refractivity contribution >= 4 is 12.1 Å². The van der Waals surface area contributed by atoms with Gasteiger partial charge in [0.2, 0.25) is 0 Å². The predicted molar refractivity (Wildman–Crippen MR) is 152 cm³/mol. The number of aliphatic hydroxyl groups is 1. The van der Waals surface area contributed by atoms with Gasteiger partial charge in [0.1, 0.15) is 11.4 Å². The number of nitrogens with zero attached hydrogens (tertiary/aromatic N) is 1. The second kappa shape index (κ2) is 13.8. The van der Waals surface area contributed by atoms with Gasteiger partial charge in [-0.2, -0.15) is 26.3 Å². The molecule has 14 heteroatoms. The van der Waals surface area contributed by atoms with Crippen LogP contribution in [0.3, 0.4) is 0 Å². The van der Waals surface area contributed by atoms with Crippen molar-refractivity contribution < 1.29 is 59.6 Å². The Morgan fingerprint density at radius 1 is 0.957 bits per heavy atom. The number of carbonyl (C=O) groups excluding carboxylic acids is 2. The van der Waals surface area contributed by atoms with Crippen molar-refractivity contribution in [3.8, 4) is 0 Å². The Labute approximate surface area is 262 Å². The molecule has 1 aliphatic rings. The summed E-state index contributed by atoms with van der Waals surface area (Å²) in [6.45, 7) is 7.00. The Kier molecular flexibility index (Phi) is 11.1. The number of ether oxygens (including phenoxy) is 3. The van der Waals surface area contributed by atoms with Crippen LogP contribution < -0.4 is 0 Å². The molecule has 0 aliphatic carbocycles. The van der Waals surface area contributed by atoms with Gasteiger partial charge in [-0.15, -0.1) is 0 Å². The van der Waals surface area contributed by atoms with Crippen LogP contribution in [0.4, 0.5) is 35.5 Å². The second-order valence-corrected chi connectivity index (χ2v) is 12.5. The van der Waals surface area contributed by atoms with E-state index in [2.05, 4.69) is 0 Å². The van der Waals surface area contributed by atoms with Crippen molar-refractivity contribution in [2.45, 2.75) is 89.6 Å². The number of hydrogen-bond donors (Lipinski definition) is 1.